The molecule has 6 aliphatic rings. The van der Waals surface area contributed by atoms with Crippen molar-refractivity contribution in [3.8, 4) is 0 Å². The predicted octanol–water partition coefficient (Wildman–Crippen LogP) is 23.4. The molecule has 0 N–H and O–H groups in total. The second-order valence-corrected chi connectivity index (χ2v) is 29.8. The highest BCUT2D eigenvalue weighted by Gasteiger charge is 2.23. The third-order valence-electron chi connectivity index (χ3n) is 14.0. The molecular weight excluding hydrogens is 1180 g/mol. The fourth-order valence-corrected chi connectivity index (χ4v) is 9.76. The van der Waals surface area contributed by atoms with Crippen molar-refractivity contribution in [1.29, 1.82) is 0 Å². The molecule has 94 heavy (non-hydrogen) atoms. The first-order valence-electron chi connectivity index (χ1n) is 38.9. The van der Waals surface area contributed by atoms with E-state index in [4.69, 9.17) is 56.8 Å². The molecule has 2 atom stereocenters. The van der Waals surface area contributed by atoms with Crippen LogP contribution in [0.1, 0.15) is 369 Å². The zero-order valence-corrected chi connectivity index (χ0v) is 69.8. The van der Waals surface area contributed by atoms with Crippen LogP contribution in [0.5, 0.6) is 0 Å². The lowest BCUT2D eigenvalue weighted by molar-refractivity contribution is -0.0511. The number of methoxy groups -OCH3 is 1. The maximum Gasteiger partial charge on any atom is 0.0627 e. The number of rotatable bonds is 19. The number of hydrogen-bond acceptors (Lipinski definition) is 13. The van der Waals surface area contributed by atoms with Crippen LogP contribution in [0.4, 0.5) is 0 Å². The maximum atomic E-state index is 5.69. The molecule has 0 radical (unpaired) electrons. The summed E-state index contributed by atoms with van der Waals surface area (Å²) in [5.41, 5.74) is 0.446. The van der Waals surface area contributed by atoms with Gasteiger partial charge in [-0.15, -0.1) is 0 Å². The summed E-state index contributed by atoms with van der Waals surface area (Å²) in [5, 5.41) is 0. The van der Waals surface area contributed by atoms with Crippen molar-refractivity contribution < 1.29 is 61.6 Å². The Balaban J connectivity index is -0.000000175. The zero-order valence-electron chi connectivity index (χ0n) is 69.8. The van der Waals surface area contributed by atoms with Gasteiger partial charge in [0, 0.05) is 79.8 Å². The summed E-state index contributed by atoms with van der Waals surface area (Å²) in [6, 6.07) is 0. The SMILES string of the molecule is CC(C)OC(C)(C)C.CC(C)OC(C)C.CC(C)OC1CCCCC1.CC1(C)CCCCO1.CC1(C)CCCO1.CC1CCCCO1.CC1CCCO1.CCCCCCOC(C)C.CCOC.CCOC(C)(C)C.CCOC(C)C.CCOC1CCCCC1.CCOCC. The molecule has 4 aliphatic heterocycles. The lowest BCUT2D eigenvalue weighted by Crippen LogP contribution is -2.28. The van der Waals surface area contributed by atoms with Gasteiger partial charge in [0.25, 0.3) is 0 Å². The summed E-state index contributed by atoms with van der Waals surface area (Å²) < 4.78 is 68.1. The molecule has 0 spiro atoms. The van der Waals surface area contributed by atoms with Crippen LogP contribution in [-0.4, -0.2) is 163 Å². The summed E-state index contributed by atoms with van der Waals surface area (Å²) in [7, 11) is 1.68. The van der Waals surface area contributed by atoms with Gasteiger partial charge in [-0.1, -0.05) is 64.7 Å². The van der Waals surface area contributed by atoms with Crippen LogP contribution in [-0.2, 0) is 61.6 Å². The highest BCUT2D eigenvalue weighted by molar-refractivity contribution is 4.73. The normalized spacial score (nSPS) is 19.0. The smallest absolute Gasteiger partial charge is 0.0627 e. The van der Waals surface area contributed by atoms with Gasteiger partial charge in [-0.05, 0) is 304 Å². The van der Waals surface area contributed by atoms with E-state index in [1.165, 1.54) is 154 Å². The first-order chi connectivity index (χ1) is 43.9. The fraction of sp³-hybridized carbons (Fsp3) is 1.00. The summed E-state index contributed by atoms with van der Waals surface area (Å²) in [4.78, 5) is 0. The standard InChI is InChI=1S/C9H18O.C9H20O.C8H16O.C7H14O.C7H16O.2C6H12O.2C6H14O.C5H10O.C5H12O.C4H10O.C3H8O/c1-8(2)10-9-6-4-3-5-7-9;1-4-5-6-7-8-10-9(2)3;1-2-9-8-6-4-3-5-7-8;1-7(2)5-3-4-6-8-7;1-6(2)8-7(3,4)5;1-6(2)4-3-5-7-6;1-6-4-2-3-5-7-6;1-5-7-6(2,3)4;1-5(2)7-6(3)4;1-5-3-2-4-6-5;1-4-6-5(2)3;1-3-5-4-2;1-3-4-2/h8-9H,3-7H2,1-2H3;9H,4-8H2,1-3H3;8H,2-7H2,1H3;3-6H2,1-2H3;6H,1-5H3;3-5H2,1-2H3;6H,2-5H2,1H3;5H2,1-4H3;5-6H,1-4H3;5H,2-4H2,1H3;5H,4H2,1-3H3;3-4H2,1-2H3;3H2,1-2H3. The van der Waals surface area contributed by atoms with Crippen LogP contribution in [0.3, 0.4) is 0 Å². The van der Waals surface area contributed by atoms with Crippen molar-refractivity contribution in [1.82, 2.24) is 0 Å². The second-order valence-electron chi connectivity index (χ2n) is 29.8. The summed E-state index contributed by atoms with van der Waals surface area (Å²) in [6.07, 6.45) is 36.0. The van der Waals surface area contributed by atoms with E-state index in [0.29, 0.717) is 61.0 Å². The van der Waals surface area contributed by atoms with Gasteiger partial charge in [0.1, 0.15) is 0 Å². The minimum Gasteiger partial charge on any atom is -0.385 e. The van der Waals surface area contributed by atoms with Crippen molar-refractivity contribution >= 4 is 0 Å². The largest absolute Gasteiger partial charge is 0.385 e. The van der Waals surface area contributed by atoms with E-state index in [2.05, 4.69) is 129 Å². The van der Waals surface area contributed by atoms with Crippen molar-refractivity contribution in [2.24, 2.45) is 0 Å². The van der Waals surface area contributed by atoms with Crippen molar-refractivity contribution in [2.75, 3.05) is 79.8 Å². The molecule has 0 bridgehead atoms. The Bertz CT molecular complexity index is 1320. The van der Waals surface area contributed by atoms with E-state index in [-0.39, 0.29) is 22.4 Å². The monoisotopic (exact) mass is 1360 g/mol. The molecule has 0 aromatic heterocycles. The molecule has 2 unspecified atom stereocenters. The van der Waals surface area contributed by atoms with Gasteiger partial charge < -0.3 is 61.6 Å². The molecule has 2 saturated carbocycles. The molecular formula is C81H176O13. The van der Waals surface area contributed by atoms with Crippen LogP contribution >= 0.6 is 0 Å². The zero-order chi connectivity index (χ0) is 73.7. The molecule has 0 aromatic rings. The number of hydrogen-bond donors (Lipinski definition) is 0. The maximum absolute atomic E-state index is 5.69. The average Bonchev–Trinajstić information content (AvgIpc) is 3.02. The van der Waals surface area contributed by atoms with E-state index in [9.17, 15) is 0 Å². The van der Waals surface area contributed by atoms with E-state index in [0.717, 1.165) is 72.7 Å². The van der Waals surface area contributed by atoms with Gasteiger partial charge in [0.15, 0.2) is 0 Å². The van der Waals surface area contributed by atoms with Gasteiger partial charge in [0.2, 0.25) is 0 Å². The summed E-state index contributed by atoms with van der Waals surface area (Å²) >= 11 is 0. The van der Waals surface area contributed by atoms with Crippen LogP contribution in [0.25, 0.3) is 0 Å². The van der Waals surface area contributed by atoms with Gasteiger partial charge >= 0.3 is 0 Å². The van der Waals surface area contributed by atoms with Gasteiger partial charge in [-0.3, -0.25) is 0 Å². The molecule has 0 aromatic carbocycles. The molecule has 578 valence electrons. The Morgan fingerprint density at radius 3 is 1.04 bits per heavy atom. The average molecular weight is 1360 g/mol. The van der Waals surface area contributed by atoms with Crippen LogP contribution in [0.2, 0.25) is 0 Å². The lowest BCUT2D eigenvalue weighted by Gasteiger charge is -2.29. The highest BCUT2D eigenvalue weighted by atomic mass is 16.5. The van der Waals surface area contributed by atoms with Gasteiger partial charge in [-0.25, -0.2) is 0 Å². The van der Waals surface area contributed by atoms with E-state index < -0.39 is 0 Å². The van der Waals surface area contributed by atoms with Crippen molar-refractivity contribution in [2.45, 2.75) is 452 Å². The first kappa shape index (κ1) is 107. The van der Waals surface area contributed by atoms with Crippen LogP contribution < -0.4 is 0 Å². The Morgan fingerprint density at radius 1 is 0.404 bits per heavy atom. The number of unbranched alkanes of at least 4 members (excludes halogenated alkanes) is 3. The van der Waals surface area contributed by atoms with E-state index in [1.807, 2.05) is 90.0 Å². The molecule has 4 heterocycles. The molecule has 6 fully saturated rings. The quantitative estimate of drug-likeness (QED) is 0.114. The molecule has 4 saturated heterocycles. The van der Waals surface area contributed by atoms with Gasteiger partial charge in [0.05, 0.1) is 83.4 Å². The highest BCUT2D eigenvalue weighted by Crippen LogP contribution is 2.25. The third-order valence-corrected chi connectivity index (χ3v) is 14.0. The molecule has 6 rings (SSSR count). The Kier molecular flexibility index (Phi) is 85.5. The summed E-state index contributed by atoms with van der Waals surface area (Å²) in [5.74, 6) is 0. The Hall–Kier alpha value is -0.520. The van der Waals surface area contributed by atoms with Crippen molar-refractivity contribution in [3.63, 3.8) is 0 Å². The first-order valence-corrected chi connectivity index (χ1v) is 38.9. The topological polar surface area (TPSA) is 120 Å². The van der Waals surface area contributed by atoms with E-state index in [1.54, 1.807) is 7.11 Å². The number of ether oxygens (including phenoxy) is 13. The predicted molar refractivity (Wildman–Crippen MR) is 409 cm³/mol. The lowest BCUT2D eigenvalue weighted by atomic mass is 9.98. The minimum absolute atomic E-state index is 0.0220. The van der Waals surface area contributed by atoms with Gasteiger partial charge in [-0.2, -0.15) is 0 Å². The molecule has 13 heteroatoms. The second kappa shape index (κ2) is 75.2. The van der Waals surface area contributed by atoms with Crippen LogP contribution in [0.15, 0.2) is 0 Å². The Labute approximate surface area is 590 Å². The fourth-order valence-electron chi connectivity index (χ4n) is 9.76. The van der Waals surface area contributed by atoms with Crippen molar-refractivity contribution in [3.05, 3.63) is 0 Å². The molecule has 2 aliphatic carbocycles. The van der Waals surface area contributed by atoms with Crippen LogP contribution in [0, 0.1) is 0 Å². The molecule has 0 amide bonds. The third kappa shape index (κ3) is 110. The summed E-state index contributed by atoms with van der Waals surface area (Å²) in [6.45, 7) is 74.1. The minimum atomic E-state index is 0.0220. The Morgan fingerprint density at radius 2 is 0.840 bits per heavy atom. The molecule has 13 nitrogen and oxygen atoms in total. The van der Waals surface area contributed by atoms with E-state index >= 15 is 0 Å².